The van der Waals surface area contributed by atoms with Crippen molar-refractivity contribution in [3.63, 3.8) is 0 Å². The average Bonchev–Trinajstić information content (AvgIpc) is 2.66. The summed E-state index contributed by atoms with van der Waals surface area (Å²) in [6.45, 7) is 4.38. The lowest BCUT2D eigenvalue weighted by atomic mass is 9.97. The third-order valence-electron chi connectivity index (χ3n) is 2.90. The van der Waals surface area contributed by atoms with Crippen LogP contribution in [0.3, 0.4) is 0 Å². The fourth-order valence-electron chi connectivity index (χ4n) is 1.92. The van der Waals surface area contributed by atoms with Crippen molar-refractivity contribution in [3.8, 4) is 0 Å². The number of cyclic esters (lactones) is 1. The van der Waals surface area contributed by atoms with E-state index < -0.39 is 0 Å². The van der Waals surface area contributed by atoms with Crippen molar-refractivity contribution in [1.29, 1.82) is 0 Å². The first-order valence-corrected chi connectivity index (χ1v) is 5.68. The lowest BCUT2D eigenvalue weighted by Gasteiger charge is -2.07. The number of aliphatic hydroxyl groups excluding tert-OH is 1. The van der Waals surface area contributed by atoms with Gasteiger partial charge in [-0.3, -0.25) is 0 Å². The third-order valence-corrected chi connectivity index (χ3v) is 2.90. The topological polar surface area (TPSA) is 46.5 Å². The Morgan fingerprint density at radius 3 is 2.82 bits per heavy atom. The fourth-order valence-corrected chi connectivity index (χ4v) is 1.92. The fraction of sp³-hybridized carbons (Fsp3) is 0.357. The van der Waals surface area contributed by atoms with Gasteiger partial charge in [-0.25, -0.2) is 4.79 Å². The number of carbonyl (C=O) groups excluding carboxylic acids is 1. The van der Waals surface area contributed by atoms with Crippen LogP contribution in [0, 0.1) is 0 Å². The first kappa shape index (κ1) is 11.9. The van der Waals surface area contributed by atoms with Crippen molar-refractivity contribution in [1.82, 2.24) is 0 Å². The maximum absolute atomic E-state index is 11.4. The Kier molecular flexibility index (Phi) is 3.29. The standard InChI is InChI=1S/C14H16O3/c1-9(2)3-4-10-5-12-8-17-14(16)13(12)6-11(10)7-15/h3,5-6,15H,4,7-8H2,1-2H3. The summed E-state index contributed by atoms with van der Waals surface area (Å²) in [4.78, 5) is 11.4. The van der Waals surface area contributed by atoms with Crippen molar-refractivity contribution in [2.75, 3.05) is 0 Å². The van der Waals surface area contributed by atoms with E-state index in [4.69, 9.17) is 4.74 Å². The zero-order valence-electron chi connectivity index (χ0n) is 10.1. The molecule has 1 aromatic rings. The lowest BCUT2D eigenvalue weighted by Crippen LogP contribution is -1.99. The average molecular weight is 232 g/mol. The monoisotopic (exact) mass is 232 g/mol. The molecule has 1 N–H and O–H groups in total. The van der Waals surface area contributed by atoms with Gasteiger partial charge in [0.05, 0.1) is 12.2 Å². The van der Waals surface area contributed by atoms with Crippen LogP contribution in [0.25, 0.3) is 0 Å². The molecular weight excluding hydrogens is 216 g/mol. The van der Waals surface area contributed by atoms with E-state index in [0.717, 1.165) is 23.1 Å². The third kappa shape index (κ3) is 2.39. The summed E-state index contributed by atoms with van der Waals surface area (Å²) in [6, 6.07) is 3.71. The van der Waals surface area contributed by atoms with Gasteiger partial charge < -0.3 is 9.84 Å². The molecular formula is C14H16O3. The first-order valence-electron chi connectivity index (χ1n) is 5.68. The van der Waals surface area contributed by atoms with Crippen molar-refractivity contribution < 1.29 is 14.6 Å². The van der Waals surface area contributed by atoms with Gasteiger partial charge >= 0.3 is 5.97 Å². The predicted octanol–water partition coefficient (Wildman–Crippen LogP) is 2.36. The molecule has 0 saturated heterocycles. The number of hydrogen-bond donors (Lipinski definition) is 1. The van der Waals surface area contributed by atoms with E-state index in [1.54, 1.807) is 6.07 Å². The van der Waals surface area contributed by atoms with Crippen LogP contribution in [0.15, 0.2) is 23.8 Å². The first-order chi connectivity index (χ1) is 8.11. The Bertz CT molecular complexity index is 482. The maximum Gasteiger partial charge on any atom is 0.338 e. The zero-order valence-corrected chi connectivity index (χ0v) is 10.1. The van der Waals surface area contributed by atoms with Gasteiger partial charge in [0.2, 0.25) is 0 Å². The Labute approximate surface area is 101 Å². The lowest BCUT2D eigenvalue weighted by molar-refractivity contribution is 0.0535. The second-order valence-corrected chi connectivity index (χ2v) is 4.50. The quantitative estimate of drug-likeness (QED) is 0.642. The molecule has 0 spiro atoms. The SMILES string of the molecule is CC(C)=CCc1cc2c(cc1CO)C(=O)OC2. The van der Waals surface area contributed by atoms with Gasteiger partial charge in [0.15, 0.2) is 0 Å². The van der Waals surface area contributed by atoms with Crippen molar-refractivity contribution in [2.24, 2.45) is 0 Å². The molecule has 90 valence electrons. The summed E-state index contributed by atoms with van der Waals surface area (Å²) in [5, 5.41) is 9.33. The minimum atomic E-state index is -0.288. The molecule has 0 saturated carbocycles. The van der Waals surface area contributed by atoms with Crippen molar-refractivity contribution >= 4 is 5.97 Å². The smallest absolute Gasteiger partial charge is 0.338 e. The van der Waals surface area contributed by atoms with Crippen LogP contribution < -0.4 is 0 Å². The van der Waals surface area contributed by atoms with E-state index in [1.165, 1.54) is 5.57 Å². The number of aliphatic hydroxyl groups is 1. The largest absolute Gasteiger partial charge is 0.457 e. The molecule has 0 fully saturated rings. The van der Waals surface area contributed by atoms with Crippen LogP contribution >= 0.6 is 0 Å². The van der Waals surface area contributed by atoms with E-state index >= 15 is 0 Å². The van der Waals surface area contributed by atoms with Gasteiger partial charge in [-0.05, 0) is 37.5 Å². The Balaban J connectivity index is 2.39. The van der Waals surface area contributed by atoms with E-state index in [0.29, 0.717) is 12.2 Å². The zero-order chi connectivity index (χ0) is 12.4. The molecule has 0 amide bonds. The highest BCUT2D eigenvalue weighted by molar-refractivity contribution is 5.93. The van der Waals surface area contributed by atoms with Gasteiger partial charge in [-0.2, -0.15) is 0 Å². The number of fused-ring (bicyclic) bond motifs is 1. The summed E-state index contributed by atoms with van der Waals surface area (Å²) in [5.74, 6) is -0.288. The molecule has 0 aliphatic carbocycles. The van der Waals surface area contributed by atoms with Crippen LogP contribution in [-0.2, 0) is 24.4 Å². The molecule has 0 aromatic heterocycles. The van der Waals surface area contributed by atoms with Gasteiger partial charge in [0.1, 0.15) is 6.61 Å². The molecule has 0 atom stereocenters. The summed E-state index contributed by atoms with van der Waals surface area (Å²) in [5.41, 5.74) is 4.62. The molecule has 17 heavy (non-hydrogen) atoms. The van der Waals surface area contributed by atoms with Gasteiger partial charge in [-0.1, -0.05) is 17.7 Å². The Morgan fingerprint density at radius 2 is 2.18 bits per heavy atom. The molecule has 1 aliphatic rings. The maximum atomic E-state index is 11.4. The highest BCUT2D eigenvalue weighted by Gasteiger charge is 2.22. The molecule has 0 radical (unpaired) electrons. The second kappa shape index (κ2) is 4.72. The molecule has 0 unspecified atom stereocenters. The van der Waals surface area contributed by atoms with Crippen LogP contribution in [-0.4, -0.2) is 11.1 Å². The van der Waals surface area contributed by atoms with Crippen LogP contribution in [0.5, 0.6) is 0 Å². The van der Waals surface area contributed by atoms with Gasteiger partial charge in [0.25, 0.3) is 0 Å². The Hall–Kier alpha value is -1.61. The van der Waals surface area contributed by atoms with E-state index in [-0.39, 0.29) is 12.6 Å². The molecule has 3 nitrogen and oxygen atoms in total. The number of rotatable bonds is 3. The number of benzene rings is 1. The van der Waals surface area contributed by atoms with Gasteiger partial charge in [0, 0.05) is 5.56 Å². The molecule has 0 bridgehead atoms. The number of hydrogen-bond acceptors (Lipinski definition) is 3. The highest BCUT2D eigenvalue weighted by atomic mass is 16.5. The van der Waals surface area contributed by atoms with Crippen molar-refractivity contribution in [3.05, 3.63) is 46.0 Å². The number of ether oxygens (including phenoxy) is 1. The predicted molar refractivity (Wildman–Crippen MR) is 64.6 cm³/mol. The molecule has 3 heteroatoms. The van der Waals surface area contributed by atoms with E-state index in [1.807, 2.05) is 19.9 Å². The normalized spacial score (nSPS) is 13.2. The summed E-state index contributed by atoms with van der Waals surface area (Å²) in [6.07, 6.45) is 2.89. The minimum Gasteiger partial charge on any atom is -0.457 e. The molecule has 2 rings (SSSR count). The molecule has 1 aliphatic heterocycles. The molecule has 1 aromatic carbocycles. The molecule has 1 heterocycles. The van der Waals surface area contributed by atoms with Crippen molar-refractivity contribution in [2.45, 2.75) is 33.5 Å². The van der Waals surface area contributed by atoms with E-state index in [2.05, 4.69) is 6.08 Å². The van der Waals surface area contributed by atoms with E-state index in [9.17, 15) is 9.90 Å². The number of allylic oxidation sites excluding steroid dienone is 2. The summed E-state index contributed by atoms with van der Waals surface area (Å²) in [7, 11) is 0. The van der Waals surface area contributed by atoms with Crippen LogP contribution in [0.4, 0.5) is 0 Å². The second-order valence-electron chi connectivity index (χ2n) is 4.50. The van der Waals surface area contributed by atoms with Crippen LogP contribution in [0.1, 0.15) is 40.9 Å². The summed E-state index contributed by atoms with van der Waals surface area (Å²) < 4.78 is 4.97. The Morgan fingerprint density at radius 1 is 1.41 bits per heavy atom. The highest BCUT2D eigenvalue weighted by Crippen LogP contribution is 2.25. The number of carbonyl (C=O) groups is 1. The summed E-state index contributed by atoms with van der Waals surface area (Å²) >= 11 is 0. The van der Waals surface area contributed by atoms with Crippen LogP contribution in [0.2, 0.25) is 0 Å². The minimum absolute atomic E-state index is 0.0491. The number of esters is 1. The van der Waals surface area contributed by atoms with Gasteiger partial charge in [-0.15, -0.1) is 0 Å².